The zero-order valence-electron chi connectivity index (χ0n) is 17.6. The first-order chi connectivity index (χ1) is 15.5. The van der Waals surface area contributed by atoms with E-state index in [0.29, 0.717) is 5.82 Å². The van der Waals surface area contributed by atoms with Crippen molar-refractivity contribution < 1.29 is 8.42 Å². The molecular formula is C23H21N5O2S2. The molecule has 0 unspecified atom stereocenters. The van der Waals surface area contributed by atoms with Gasteiger partial charge in [0.05, 0.1) is 15.1 Å². The Kier molecular flexibility index (Phi) is 5.15. The van der Waals surface area contributed by atoms with E-state index in [9.17, 15) is 8.42 Å². The largest absolute Gasteiger partial charge is 0.339 e. The van der Waals surface area contributed by atoms with Gasteiger partial charge in [0.1, 0.15) is 0 Å². The number of hydrogen-bond donors (Lipinski definition) is 1. The van der Waals surface area contributed by atoms with Crippen LogP contribution in [0.1, 0.15) is 25.0 Å². The highest BCUT2D eigenvalue weighted by molar-refractivity contribution is 7.91. The third-order valence-corrected chi connectivity index (χ3v) is 7.99. The van der Waals surface area contributed by atoms with Crippen LogP contribution in [0.2, 0.25) is 0 Å². The average Bonchev–Trinajstić information content (AvgIpc) is 3.47. The van der Waals surface area contributed by atoms with Gasteiger partial charge in [-0.05, 0) is 59.7 Å². The zero-order chi connectivity index (χ0) is 22.3. The van der Waals surface area contributed by atoms with Crippen molar-refractivity contribution in [2.75, 3.05) is 5.32 Å². The van der Waals surface area contributed by atoms with Gasteiger partial charge >= 0.3 is 0 Å². The maximum atomic E-state index is 13.4. The average molecular weight is 464 g/mol. The molecule has 0 spiro atoms. The van der Waals surface area contributed by atoms with Gasteiger partial charge in [-0.15, -0.1) is 16.4 Å². The van der Waals surface area contributed by atoms with Crippen LogP contribution in [-0.2, 0) is 22.7 Å². The predicted molar refractivity (Wildman–Crippen MR) is 127 cm³/mol. The van der Waals surface area contributed by atoms with E-state index >= 15 is 0 Å². The summed E-state index contributed by atoms with van der Waals surface area (Å²) in [5.74, 6) is 0.579. The van der Waals surface area contributed by atoms with Gasteiger partial charge in [-0.2, -0.15) is 4.52 Å². The van der Waals surface area contributed by atoms with Crippen molar-refractivity contribution in [1.29, 1.82) is 0 Å². The molecule has 0 aliphatic rings. The number of nitrogens with zero attached hydrogens (tertiary/aromatic N) is 4. The Hall–Kier alpha value is -3.30. The van der Waals surface area contributed by atoms with E-state index < -0.39 is 9.84 Å². The normalized spacial score (nSPS) is 11.9. The van der Waals surface area contributed by atoms with Gasteiger partial charge in [0.2, 0.25) is 14.9 Å². The smallest absolute Gasteiger partial charge is 0.229 e. The maximum Gasteiger partial charge on any atom is 0.229 e. The third kappa shape index (κ3) is 3.43. The van der Waals surface area contributed by atoms with E-state index in [-0.39, 0.29) is 15.6 Å². The van der Waals surface area contributed by atoms with Crippen LogP contribution < -0.4 is 5.32 Å². The van der Waals surface area contributed by atoms with E-state index in [1.807, 2.05) is 42.6 Å². The molecule has 0 amide bonds. The maximum absolute atomic E-state index is 13.4. The summed E-state index contributed by atoms with van der Waals surface area (Å²) in [6.07, 6.45) is 1.75. The van der Waals surface area contributed by atoms with Gasteiger partial charge in [-0.1, -0.05) is 43.3 Å². The Morgan fingerprint density at radius 2 is 1.78 bits per heavy atom. The van der Waals surface area contributed by atoms with Crippen LogP contribution in [0, 0.1) is 0 Å². The molecule has 7 nitrogen and oxygen atoms in total. The number of anilines is 2. The summed E-state index contributed by atoms with van der Waals surface area (Å²) in [5.41, 5.74) is 4.11. The number of rotatable bonds is 6. The molecule has 2 aromatic carbocycles. The number of aryl methyl sites for hydroxylation is 2. The second-order valence-electron chi connectivity index (χ2n) is 7.41. The monoisotopic (exact) mass is 463 g/mol. The minimum atomic E-state index is -3.88. The Labute approximate surface area is 189 Å². The van der Waals surface area contributed by atoms with Gasteiger partial charge in [0.25, 0.3) is 0 Å². The second-order valence-corrected chi connectivity index (χ2v) is 10.2. The molecule has 0 atom stereocenters. The van der Waals surface area contributed by atoms with Gasteiger partial charge in [-0.3, -0.25) is 0 Å². The standard InChI is InChI=1S/C23H21N5O2S2/c1-3-15-8-10-18(11-9-15)32(29,30)23-22-25-21(24-17-7-5-6-16(4-2)14-17)20-19(12-13-31-20)28(22)27-26-23/h5-14H,3-4H2,1-2H3,(H,24,25). The molecule has 0 aliphatic heterocycles. The van der Waals surface area contributed by atoms with Gasteiger partial charge in [0.15, 0.2) is 11.5 Å². The summed E-state index contributed by atoms with van der Waals surface area (Å²) < 4.78 is 29.1. The Balaban J connectivity index is 1.66. The lowest BCUT2D eigenvalue weighted by atomic mass is 10.1. The summed E-state index contributed by atoms with van der Waals surface area (Å²) >= 11 is 1.51. The van der Waals surface area contributed by atoms with Gasteiger partial charge < -0.3 is 5.32 Å². The second kappa shape index (κ2) is 7.99. The summed E-state index contributed by atoms with van der Waals surface area (Å²) in [4.78, 5) is 4.85. The van der Waals surface area contributed by atoms with E-state index in [0.717, 1.165) is 34.3 Å². The lowest BCUT2D eigenvalue weighted by molar-refractivity contribution is 0.592. The molecule has 0 fully saturated rings. The van der Waals surface area contributed by atoms with Crippen molar-refractivity contribution in [2.45, 2.75) is 36.6 Å². The number of nitrogens with one attached hydrogen (secondary N) is 1. The SMILES string of the molecule is CCc1ccc(S(=O)(=O)c2nnn3c2nc(Nc2cccc(CC)c2)c2sccc23)cc1. The summed E-state index contributed by atoms with van der Waals surface area (Å²) in [5, 5.41) is 13.3. The number of benzene rings is 2. The Morgan fingerprint density at radius 1 is 1.00 bits per heavy atom. The molecule has 3 heterocycles. The van der Waals surface area contributed by atoms with Crippen LogP contribution in [0.25, 0.3) is 15.9 Å². The molecule has 5 rings (SSSR count). The molecule has 0 aliphatic carbocycles. The zero-order valence-corrected chi connectivity index (χ0v) is 19.2. The minimum Gasteiger partial charge on any atom is -0.339 e. The number of fused-ring (bicyclic) bond motifs is 3. The van der Waals surface area contributed by atoms with Crippen molar-refractivity contribution in [3.63, 3.8) is 0 Å². The fourth-order valence-electron chi connectivity index (χ4n) is 3.60. The van der Waals surface area contributed by atoms with Crippen LogP contribution in [0.15, 0.2) is 69.9 Å². The van der Waals surface area contributed by atoms with Crippen molar-refractivity contribution >= 4 is 48.5 Å². The highest BCUT2D eigenvalue weighted by Gasteiger charge is 2.27. The lowest BCUT2D eigenvalue weighted by Gasteiger charge is -2.09. The number of hydrogen-bond acceptors (Lipinski definition) is 7. The van der Waals surface area contributed by atoms with E-state index in [2.05, 4.69) is 39.7 Å². The molecule has 1 N–H and O–H groups in total. The molecular weight excluding hydrogens is 442 g/mol. The fraction of sp³-hybridized carbons (Fsp3) is 0.174. The number of sulfone groups is 1. The number of aromatic nitrogens is 4. The van der Waals surface area contributed by atoms with Crippen LogP contribution in [-0.4, -0.2) is 28.2 Å². The Morgan fingerprint density at radius 3 is 2.53 bits per heavy atom. The molecule has 5 aromatic rings. The van der Waals surface area contributed by atoms with E-state index in [1.165, 1.54) is 21.4 Å². The summed E-state index contributed by atoms with van der Waals surface area (Å²) in [7, 11) is -3.88. The van der Waals surface area contributed by atoms with Crippen molar-refractivity contribution in [3.8, 4) is 0 Å². The molecule has 0 saturated heterocycles. The first kappa shape index (κ1) is 20.6. The topological polar surface area (TPSA) is 89.2 Å². The molecule has 0 radical (unpaired) electrons. The first-order valence-electron chi connectivity index (χ1n) is 10.3. The van der Waals surface area contributed by atoms with Crippen molar-refractivity contribution in [1.82, 2.24) is 19.8 Å². The minimum absolute atomic E-state index is 0.153. The summed E-state index contributed by atoms with van der Waals surface area (Å²) in [6, 6.07) is 16.8. The quantitative estimate of drug-likeness (QED) is 0.379. The van der Waals surface area contributed by atoms with Crippen molar-refractivity contribution in [3.05, 3.63) is 71.1 Å². The summed E-state index contributed by atoms with van der Waals surface area (Å²) in [6.45, 7) is 4.13. The highest BCUT2D eigenvalue weighted by atomic mass is 32.2. The van der Waals surface area contributed by atoms with Gasteiger partial charge in [-0.25, -0.2) is 13.4 Å². The number of thiophene rings is 1. The molecule has 0 saturated carbocycles. The molecule has 3 aromatic heterocycles. The molecule has 9 heteroatoms. The van der Waals surface area contributed by atoms with Crippen LogP contribution in [0.5, 0.6) is 0 Å². The molecule has 32 heavy (non-hydrogen) atoms. The third-order valence-electron chi connectivity index (χ3n) is 5.42. The lowest BCUT2D eigenvalue weighted by Crippen LogP contribution is -2.05. The Bertz CT molecular complexity index is 1540. The molecule has 0 bridgehead atoms. The highest BCUT2D eigenvalue weighted by Crippen LogP contribution is 2.32. The van der Waals surface area contributed by atoms with Crippen molar-refractivity contribution in [2.24, 2.45) is 0 Å². The predicted octanol–water partition coefficient (Wildman–Crippen LogP) is 5.04. The fourth-order valence-corrected chi connectivity index (χ4v) is 5.65. The first-order valence-corrected chi connectivity index (χ1v) is 12.7. The molecule has 162 valence electrons. The van der Waals surface area contributed by atoms with E-state index in [4.69, 9.17) is 0 Å². The van der Waals surface area contributed by atoms with Crippen LogP contribution in [0.3, 0.4) is 0 Å². The van der Waals surface area contributed by atoms with E-state index in [1.54, 1.807) is 12.1 Å². The van der Waals surface area contributed by atoms with Crippen LogP contribution >= 0.6 is 11.3 Å². The van der Waals surface area contributed by atoms with Crippen LogP contribution in [0.4, 0.5) is 11.5 Å². The van der Waals surface area contributed by atoms with Gasteiger partial charge in [0, 0.05) is 5.69 Å².